The molecule has 3 heterocycles. The normalized spacial score (nSPS) is 18.6. The Kier molecular flexibility index (Phi) is 7.46. The number of amides is 1. The summed E-state index contributed by atoms with van der Waals surface area (Å²) in [5, 5.41) is 0.700. The van der Waals surface area contributed by atoms with Crippen molar-refractivity contribution < 1.29 is 17.6 Å². The Morgan fingerprint density at radius 3 is 2.21 bits per heavy atom. The summed E-state index contributed by atoms with van der Waals surface area (Å²) in [4.78, 5) is 17.5. The SMILES string of the molecule is Cc1cc2c(C)c(C(=O)N3CCCCC3)oc2c(S(=O)(=O)NCCN2CCCCCC2)c1C. The van der Waals surface area contributed by atoms with Crippen LogP contribution in [0.3, 0.4) is 0 Å². The standard InChI is InChI=1S/C25H37N3O4S/c1-18-17-21-20(3)22(25(29)28-14-9-6-10-15-28)32-23(21)24(19(18)2)33(30,31)26-11-16-27-12-7-4-5-8-13-27/h17,26H,4-16H2,1-3H3. The lowest BCUT2D eigenvalue weighted by Crippen LogP contribution is -2.35. The molecule has 182 valence electrons. The number of hydrogen-bond donors (Lipinski definition) is 1. The number of hydrogen-bond acceptors (Lipinski definition) is 5. The summed E-state index contributed by atoms with van der Waals surface area (Å²) in [7, 11) is -3.80. The molecule has 0 spiro atoms. The third-order valence-corrected chi connectivity index (χ3v) is 8.83. The molecule has 2 aliphatic heterocycles. The first-order valence-corrected chi connectivity index (χ1v) is 13.8. The first-order valence-electron chi connectivity index (χ1n) is 12.3. The zero-order valence-corrected chi connectivity index (χ0v) is 21.0. The minimum absolute atomic E-state index is 0.142. The maximum atomic E-state index is 13.4. The minimum Gasteiger partial charge on any atom is -0.449 e. The molecular weight excluding hydrogens is 438 g/mol. The second-order valence-electron chi connectivity index (χ2n) is 9.59. The highest BCUT2D eigenvalue weighted by molar-refractivity contribution is 7.89. The number of benzene rings is 1. The number of furan rings is 1. The van der Waals surface area contributed by atoms with Crippen molar-refractivity contribution in [1.29, 1.82) is 0 Å². The van der Waals surface area contributed by atoms with Gasteiger partial charge in [0.15, 0.2) is 11.3 Å². The van der Waals surface area contributed by atoms with Crippen LogP contribution >= 0.6 is 0 Å². The summed E-state index contributed by atoms with van der Waals surface area (Å²) in [6, 6.07) is 1.94. The van der Waals surface area contributed by atoms with Crippen molar-refractivity contribution in [3.8, 4) is 0 Å². The van der Waals surface area contributed by atoms with E-state index >= 15 is 0 Å². The average molecular weight is 476 g/mol. The molecule has 1 N–H and O–H groups in total. The summed E-state index contributed by atoms with van der Waals surface area (Å²) < 4.78 is 35.7. The molecule has 0 aliphatic carbocycles. The van der Waals surface area contributed by atoms with Crippen LogP contribution in [0.1, 0.15) is 72.2 Å². The summed E-state index contributed by atoms with van der Waals surface area (Å²) in [5.41, 5.74) is 2.54. The predicted molar refractivity (Wildman–Crippen MR) is 130 cm³/mol. The highest BCUT2D eigenvalue weighted by Gasteiger charge is 2.30. The Hall–Kier alpha value is -1.90. The number of piperidine rings is 1. The van der Waals surface area contributed by atoms with E-state index in [1.54, 1.807) is 0 Å². The average Bonchev–Trinajstić information content (AvgIpc) is 2.96. The van der Waals surface area contributed by atoms with E-state index in [0.717, 1.165) is 51.0 Å². The largest absolute Gasteiger partial charge is 0.449 e. The van der Waals surface area contributed by atoms with Crippen LogP contribution < -0.4 is 4.72 Å². The number of likely N-dealkylation sites (tertiary alicyclic amines) is 2. The van der Waals surface area contributed by atoms with Crippen LogP contribution in [0.4, 0.5) is 0 Å². The maximum Gasteiger partial charge on any atom is 0.289 e. The highest BCUT2D eigenvalue weighted by atomic mass is 32.2. The highest BCUT2D eigenvalue weighted by Crippen LogP contribution is 2.35. The molecule has 1 aromatic heterocycles. The molecule has 1 aromatic carbocycles. The maximum absolute atomic E-state index is 13.4. The number of aryl methyl sites for hydroxylation is 2. The van der Waals surface area contributed by atoms with Gasteiger partial charge in [0.05, 0.1) is 0 Å². The van der Waals surface area contributed by atoms with E-state index in [9.17, 15) is 13.2 Å². The Morgan fingerprint density at radius 1 is 0.939 bits per heavy atom. The first kappa shape index (κ1) is 24.2. The van der Waals surface area contributed by atoms with Gasteiger partial charge in [-0.15, -0.1) is 0 Å². The van der Waals surface area contributed by atoms with E-state index in [1.165, 1.54) is 25.7 Å². The molecule has 2 saturated heterocycles. The third kappa shape index (κ3) is 5.12. The summed E-state index contributed by atoms with van der Waals surface area (Å²) in [6.45, 7) is 10.1. The lowest BCUT2D eigenvalue weighted by atomic mass is 10.0. The van der Waals surface area contributed by atoms with Gasteiger partial charge >= 0.3 is 0 Å². The van der Waals surface area contributed by atoms with Gasteiger partial charge in [0.2, 0.25) is 10.0 Å². The van der Waals surface area contributed by atoms with E-state index in [0.29, 0.717) is 35.2 Å². The van der Waals surface area contributed by atoms with Gasteiger partial charge in [0, 0.05) is 37.1 Å². The number of nitrogens with one attached hydrogen (secondary N) is 1. The Morgan fingerprint density at radius 2 is 1.55 bits per heavy atom. The fraction of sp³-hybridized carbons (Fsp3) is 0.640. The molecule has 8 heteroatoms. The van der Waals surface area contributed by atoms with E-state index in [4.69, 9.17) is 4.42 Å². The minimum atomic E-state index is -3.80. The fourth-order valence-corrected chi connectivity index (χ4v) is 6.55. The number of carbonyl (C=O) groups is 1. The van der Waals surface area contributed by atoms with Crippen LogP contribution in [0.2, 0.25) is 0 Å². The summed E-state index contributed by atoms with van der Waals surface area (Å²) >= 11 is 0. The molecule has 2 aliphatic rings. The van der Waals surface area contributed by atoms with Gasteiger partial charge in [-0.1, -0.05) is 12.8 Å². The monoisotopic (exact) mass is 475 g/mol. The molecule has 0 unspecified atom stereocenters. The van der Waals surface area contributed by atoms with Crippen molar-refractivity contribution in [2.75, 3.05) is 39.3 Å². The van der Waals surface area contributed by atoms with Gasteiger partial charge in [-0.3, -0.25) is 4.79 Å². The van der Waals surface area contributed by atoms with Gasteiger partial charge in [0.25, 0.3) is 5.91 Å². The lowest BCUT2D eigenvalue weighted by Gasteiger charge is -2.25. The summed E-state index contributed by atoms with van der Waals surface area (Å²) in [6.07, 6.45) is 7.95. The second kappa shape index (κ2) is 10.2. The van der Waals surface area contributed by atoms with Gasteiger partial charge in [-0.05, 0) is 83.2 Å². The molecule has 2 aromatic rings. The summed E-state index contributed by atoms with van der Waals surface area (Å²) in [5.74, 6) is 0.120. The Balaban J connectivity index is 1.63. The number of sulfonamides is 1. The smallest absolute Gasteiger partial charge is 0.289 e. The molecule has 1 amide bonds. The van der Waals surface area contributed by atoms with Crippen molar-refractivity contribution in [3.63, 3.8) is 0 Å². The first-order chi connectivity index (χ1) is 15.8. The zero-order valence-electron chi connectivity index (χ0n) is 20.2. The molecule has 7 nitrogen and oxygen atoms in total. The molecule has 2 fully saturated rings. The molecule has 0 saturated carbocycles. The number of carbonyl (C=O) groups excluding carboxylic acids is 1. The molecule has 0 bridgehead atoms. The van der Waals surface area contributed by atoms with Crippen LogP contribution in [0.5, 0.6) is 0 Å². The Labute approximate surface area is 197 Å². The number of rotatable bonds is 6. The van der Waals surface area contributed by atoms with Gasteiger partial charge in [0.1, 0.15) is 4.90 Å². The van der Waals surface area contributed by atoms with Gasteiger partial charge in [-0.25, -0.2) is 13.1 Å². The predicted octanol–water partition coefficient (Wildman–Crippen LogP) is 4.14. The van der Waals surface area contributed by atoms with Crippen LogP contribution in [0, 0.1) is 20.8 Å². The quantitative estimate of drug-likeness (QED) is 0.679. The molecule has 33 heavy (non-hydrogen) atoms. The molecule has 4 rings (SSSR count). The Bertz CT molecular complexity index is 1110. The van der Waals surface area contributed by atoms with Gasteiger partial charge < -0.3 is 14.2 Å². The van der Waals surface area contributed by atoms with Crippen LogP contribution in [0.25, 0.3) is 11.0 Å². The molecule has 0 radical (unpaired) electrons. The van der Waals surface area contributed by atoms with Crippen molar-refractivity contribution >= 4 is 26.9 Å². The number of fused-ring (bicyclic) bond motifs is 1. The van der Waals surface area contributed by atoms with Crippen LogP contribution in [0.15, 0.2) is 15.4 Å². The zero-order chi connectivity index (χ0) is 23.6. The van der Waals surface area contributed by atoms with E-state index in [1.807, 2.05) is 31.7 Å². The topological polar surface area (TPSA) is 82.9 Å². The van der Waals surface area contributed by atoms with E-state index in [2.05, 4.69) is 9.62 Å². The third-order valence-electron chi connectivity index (χ3n) is 7.22. The van der Waals surface area contributed by atoms with E-state index in [-0.39, 0.29) is 16.6 Å². The van der Waals surface area contributed by atoms with Gasteiger partial charge in [-0.2, -0.15) is 0 Å². The van der Waals surface area contributed by atoms with Crippen LogP contribution in [-0.4, -0.2) is 63.4 Å². The second-order valence-corrected chi connectivity index (χ2v) is 11.3. The van der Waals surface area contributed by atoms with Crippen LogP contribution in [-0.2, 0) is 10.0 Å². The number of nitrogens with zero attached hydrogens (tertiary/aromatic N) is 2. The van der Waals surface area contributed by atoms with Crippen molar-refractivity contribution in [2.45, 2.75) is 70.6 Å². The van der Waals surface area contributed by atoms with Crippen molar-refractivity contribution in [3.05, 3.63) is 28.5 Å². The van der Waals surface area contributed by atoms with Crippen molar-refractivity contribution in [2.24, 2.45) is 0 Å². The fourth-order valence-electron chi connectivity index (χ4n) is 5.08. The van der Waals surface area contributed by atoms with Crippen molar-refractivity contribution in [1.82, 2.24) is 14.5 Å². The lowest BCUT2D eigenvalue weighted by molar-refractivity contribution is 0.0693. The van der Waals surface area contributed by atoms with E-state index < -0.39 is 10.0 Å². The molecule has 0 atom stereocenters. The molecular formula is C25H37N3O4S.